The molecule has 0 aliphatic carbocycles. The van der Waals surface area contributed by atoms with Crippen LogP contribution in [0.1, 0.15) is 11.1 Å². The van der Waals surface area contributed by atoms with Crippen molar-refractivity contribution in [3.8, 4) is 0 Å². The molecule has 0 spiro atoms. The smallest absolute Gasteiger partial charge is 0.153 e. The Morgan fingerprint density at radius 2 is 1.95 bits per heavy atom. The summed E-state index contributed by atoms with van der Waals surface area (Å²) in [5, 5.41) is 11.5. The van der Waals surface area contributed by atoms with Gasteiger partial charge in [-0.15, -0.1) is 0 Å². The van der Waals surface area contributed by atoms with Crippen LogP contribution in [0.3, 0.4) is 0 Å². The highest BCUT2D eigenvalue weighted by Crippen LogP contribution is 2.14. The molecule has 3 N–H and O–H groups in total. The quantitative estimate of drug-likeness (QED) is 0.374. The zero-order valence-corrected chi connectivity index (χ0v) is 11.7. The van der Waals surface area contributed by atoms with Crippen molar-refractivity contribution in [1.82, 2.24) is 9.80 Å². The van der Waals surface area contributed by atoms with Crippen molar-refractivity contribution in [2.24, 2.45) is 10.9 Å². The third kappa shape index (κ3) is 3.91. The van der Waals surface area contributed by atoms with Crippen LogP contribution in [-0.4, -0.2) is 53.6 Å². The van der Waals surface area contributed by atoms with Gasteiger partial charge in [-0.2, -0.15) is 0 Å². The molecule has 0 aromatic heterocycles. The topological polar surface area (TPSA) is 65.1 Å². The maximum absolute atomic E-state index is 13.3. The maximum Gasteiger partial charge on any atom is 0.153 e. The Morgan fingerprint density at radius 3 is 2.60 bits per heavy atom. The van der Waals surface area contributed by atoms with E-state index in [4.69, 9.17) is 10.9 Å². The summed E-state index contributed by atoms with van der Waals surface area (Å²) in [7, 11) is 0. The van der Waals surface area contributed by atoms with Crippen molar-refractivity contribution in [2.45, 2.75) is 13.5 Å². The van der Waals surface area contributed by atoms with Crippen LogP contribution in [0.5, 0.6) is 0 Å². The summed E-state index contributed by atoms with van der Waals surface area (Å²) >= 11 is 0. The van der Waals surface area contributed by atoms with E-state index in [9.17, 15) is 4.39 Å². The highest BCUT2D eigenvalue weighted by molar-refractivity contribution is 5.81. The molecule has 110 valence electrons. The Bertz CT molecular complexity index is 484. The lowest BCUT2D eigenvalue weighted by atomic mass is 10.1. The van der Waals surface area contributed by atoms with Crippen LogP contribution in [0, 0.1) is 12.7 Å². The van der Waals surface area contributed by atoms with E-state index in [2.05, 4.69) is 15.0 Å². The molecule has 0 amide bonds. The fraction of sp³-hybridized carbons (Fsp3) is 0.500. The first-order valence-corrected chi connectivity index (χ1v) is 6.74. The molecule has 5 nitrogen and oxygen atoms in total. The molecule has 1 aromatic carbocycles. The Kier molecular flexibility index (Phi) is 4.92. The molecule has 1 aromatic rings. The van der Waals surface area contributed by atoms with Gasteiger partial charge in [0.25, 0.3) is 0 Å². The van der Waals surface area contributed by atoms with Gasteiger partial charge in [-0.1, -0.05) is 11.2 Å². The molecule has 0 unspecified atom stereocenters. The average molecular weight is 280 g/mol. The summed E-state index contributed by atoms with van der Waals surface area (Å²) in [6.07, 6.45) is 0. The summed E-state index contributed by atoms with van der Waals surface area (Å²) in [5.41, 5.74) is 7.65. The van der Waals surface area contributed by atoms with Gasteiger partial charge in [-0.05, 0) is 30.2 Å². The Labute approximate surface area is 118 Å². The summed E-state index contributed by atoms with van der Waals surface area (Å²) in [4.78, 5) is 4.44. The van der Waals surface area contributed by atoms with Gasteiger partial charge < -0.3 is 10.9 Å². The molecular weight excluding hydrogens is 259 g/mol. The van der Waals surface area contributed by atoms with Crippen LogP contribution in [0.4, 0.5) is 4.39 Å². The van der Waals surface area contributed by atoms with Gasteiger partial charge in [0.05, 0.1) is 6.54 Å². The molecule has 1 fully saturated rings. The number of halogens is 1. The van der Waals surface area contributed by atoms with Crippen molar-refractivity contribution in [3.05, 3.63) is 35.1 Å². The van der Waals surface area contributed by atoms with E-state index in [0.717, 1.165) is 43.9 Å². The van der Waals surface area contributed by atoms with Crippen LogP contribution in [-0.2, 0) is 6.54 Å². The summed E-state index contributed by atoms with van der Waals surface area (Å²) < 4.78 is 13.3. The zero-order valence-electron chi connectivity index (χ0n) is 11.7. The minimum atomic E-state index is -0.184. The van der Waals surface area contributed by atoms with Crippen molar-refractivity contribution >= 4 is 5.84 Å². The molecule has 0 bridgehead atoms. The number of nitrogens with two attached hydrogens (primary N) is 1. The van der Waals surface area contributed by atoms with E-state index in [1.807, 2.05) is 13.0 Å². The molecule has 1 aliphatic rings. The Balaban J connectivity index is 1.87. The van der Waals surface area contributed by atoms with Crippen molar-refractivity contribution in [1.29, 1.82) is 0 Å². The second-order valence-corrected chi connectivity index (χ2v) is 5.21. The van der Waals surface area contributed by atoms with Crippen LogP contribution >= 0.6 is 0 Å². The highest BCUT2D eigenvalue weighted by atomic mass is 19.1. The fourth-order valence-electron chi connectivity index (χ4n) is 2.42. The molecular formula is C14H21FN4O. The van der Waals surface area contributed by atoms with E-state index in [-0.39, 0.29) is 11.7 Å². The van der Waals surface area contributed by atoms with Crippen LogP contribution in [0.2, 0.25) is 0 Å². The predicted molar refractivity (Wildman–Crippen MR) is 76.3 cm³/mol. The van der Waals surface area contributed by atoms with Gasteiger partial charge in [0.2, 0.25) is 0 Å². The number of rotatable bonds is 4. The maximum atomic E-state index is 13.3. The van der Waals surface area contributed by atoms with E-state index in [0.29, 0.717) is 6.54 Å². The number of piperazine rings is 1. The van der Waals surface area contributed by atoms with Gasteiger partial charge in [-0.3, -0.25) is 9.80 Å². The normalized spacial score (nSPS) is 18.4. The monoisotopic (exact) mass is 280 g/mol. The van der Waals surface area contributed by atoms with E-state index in [1.165, 1.54) is 6.07 Å². The number of hydrogen-bond donors (Lipinski definition) is 2. The average Bonchev–Trinajstić information content (AvgIpc) is 2.45. The van der Waals surface area contributed by atoms with Crippen LogP contribution < -0.4 is 5.73 Å². The van der Waals surface area contributed by atoms with Crippen molar-refractivity contribution in [3.63, 3.8) is 0 Å². The lowest BCUT2D eigenvalue weighted by Crippen LogP contribution is -2.48. The van der Waals surface area contributed by atoms with E-state index >= 15 is 0 Å². The summed E-state index contributed by atoms with van der Waals surface area (Å²) in [6.45, 7) is 6.78. The number of aryl methyl sites for hydroxylation is 1. The molecule has 0 atom stereocenters. The van der Waals surface area contributed by atoms with E-state index < -0.39 is 0 Å². The number of amidine groups is 1. The molecule has 6 heteroatoms. The largest absolute Gasteiger partial charge is 0.409 e. The Morgan fingerprint density at radius 1 is 1.30 bits per heavy atom. The molecule has 20 heavy (non-hydrogen) atoms. The second kappa shape index (κ2) is 6.67. The molecule has 1 aliphatic heterocycles. The third-order valence-electron chi connectivity index (χ3n) is 3.68. The van der Waals surface area contributed by atoms with Crippen LogP contribution in [0.15, 0.2) is 23.4 Å². The zero-order chi connectivity index (χ0) is 14.5. The first-order valence-electron chi connectivity index (χ1n) is 6.74. The SMILES string of the molecule is Cc1ccc(F)cc1CN1CCN(C/C(N)=N/O)CC1. The lowest BCUT2D eigenvalue weighted by Gasteiger charge is -2.34. The first kappa shape index (κ1) is 14.7. The third-order valence-corrected chi connectivity index (χ3v) is 3.68. The first-order chi connectivity index (χ1) is 9.58. The number of benzene rings is 1. The van der Waals surface area contributed by atoms with Gasteiger partial charge in [-0.25, -0.2) is 4.39 Å². The summed E-state index contributed by atoms with van der Waals surface area (Å²) in [6, 6.07) is 4.92. The Hall–Kier alpha value is -1.66. The number of nitrogens with zero attached hydrogens (tertiary/aromatic N) is 3. The molecule has 1 heterocycles. The number of oxime groups is 1. The van der Waals surface area contributed by atoms with Gasteiger partial charge in [0.15, 0.2) is 5.84 Å². The van der Waals surface area contributed by atoms with Gasteiger partial charge in [0, 0.05) is 32.7 Å². The molecule has 1 saturated heterocycles. The molecule has 0 saturated carbocycles. The van der Waals surface area contributed by atoms with Crippen molar-refractivity contribution < 1.29 is 9.60 Å². The second-order valence-electron chi connectivity index (χ2n) is 5.21. The molecule has 2 rings (SSSR count). The van der Waals surface area contributed by atoms with Crippen LogP contribution in [0.25, 0.3) is 0 Å². The van der Waals surface area contributed by atoms with Gasteiger partial charge in [0.1, 0.15) is 5.82 Å². The van der Waals surface area contributed by atoms with Gasteiger partial charge >= 0.3 is 0 Å². The summed E-state index contributed by atoms with van der Waals surface area (Å²) in [5.74, 6) is 0.0515. The van der Waals surface area contributed by atoms with Crippen molar-refractivity contribution in [2.75, 3.05) is 32.7 Å². The number of hydrogen-bond acceptors (Lipinski definition) is 4. The minimum Gasteiger partial charge on any atom is -0.409 e. The minimum absolute atomic E-state index is 0.184. The fourth-order valence-corrected chi connectivity index (χ4v) is 2.42. The standard InChI is InChI=1S/C14H21FN4O/c1-11-2-3-13(15)8-12(11)9-18-4-6-19(7-5-18)10-14(16)17-20/h2-3,8,20H,4-7,9-10H2,1H3,(H2,16,17). The predicted octanol–water partition coefficient (Wildman–Crippen LogP) is 0.998. The van der Waals surface area contributed by atoms with E-state index in [1.54, 1.807) is 6.07 Å². The molecule has 0 radical (unpaired) electrons. The highest BCUT2D eigenvalue weighted by Gasteiger charge is 2.18. The lowest BCUT2D eigenvalue weighted by molar-refractivity contribution is 0.138.